The molecule has 0 aliphatic carbocycles. The first-order valence-corrected chi connectivity index (χ1v) is 8.32. The van der Waals surface area contributed by atoms with E-state index in [1.165, 1.54) is 24.8 Å². The Morgan fingerprint density at radius 1 is 1.33 bits per heavy atom. The second-order valence-electron chi connectivity index (χ2n) is 4.81. The Balaban J connectivity index is 3.11. The maximum Gasteiger partial charge on any atom is 0.329 e. The summed E-state index contributed by atoms with van der Waals surface area (Å²) in [7, 11) is 0. The van der Waals surface area contributed by atoms with E-state index in [1.54, 1.807) is 6.07 Å². The predicted octanol–water partition coefficient (Wildman–Crippen LogP) is 4.09. The highest BCUT2D eigenvalue weighted by molar-refractivity contribution is 7.98. The molecule has 1 rings (SSSR count). The molecule has 0 bridgehead atoms. The lowest BCUT2D eigenvalue weighted by atomic mass is 9.95. The van der Waals surface area contributed by atoms with Crippen molar-refractivity contribution in [2.45, 2.75) is 37.1 Å². The molecule has 7 heteroatoms. The SMILES string of the molecule is CCCC(C)(NC(=O)c1cc(SC)c(Cl)cc1Cl)C(=O)O. The Bertz CT molecular complexity index is 565. The van der Waals surface area contributed by atoms with Gasteiger partial charge in [-0.05, 0) is 31.7 Å². The van der Waals surface area contributed by atoms with Crippen LogP contribution in [0.5, 0.6) is 0 Å². The van der Waals surface area contributed by atoms with Crippen LogP contribution in [0.2, 0.25) is 10.0 Å². The van der Waals surface area contributed by atoms with Gasteiger partial charge in [0.25, 0.3) is 5.91 Å². The van der Waals surface area contributed by atoms with Crippen molar-refractivity contribution < 1.29 is 14.7 Å². The van der Waals surface area contributed by atoms with Crippen molar-refractivity contribution >= 4 is 46.8 Å². The van der Waals surface area contributed by atoms with Gasteiger partial charge in [-0.1, -0.05) is 36.5 Å². The lowest BCUT2D eigenvalue weighted by Crippen LogP contribution is -2.52. The van der Waals surface area contributed by atoms with Crippen molar-refractivity contribution in [3.8, 4) is 0 Å². The Labute approximate surface area is 138 Å². The van der Waals surface area contributed by atoms with Crippen LogP contribution in [0.1, 0.15) is 37.0 Å². The third kappa shape index (κ3) is 4.28. The number of amides is 1. The molecule has 0 heterocycles. The zero-order valence-corrected chi connectivity index (χ0v) is 14.3. The first kappa shape index (κ1) is 18.1. The second kappa shape index (κ2) is 7.38. The van der Waals surface area contributed by atoms with Gasteiger partial charge in [0.15, 0.2) is 0 Å². The van der Waals surface area contributed by atoms with Gasteiger partial charge in [0.2, 0.25) is 0 Å². The maximum absolute atomic E-state index is 12.3. The molecule has 1 aromatic carbocycles. The van der Waals surface area contributed by atoms with E-state index < -0.39 is 17.4 Å². The number of aliphatic carboxylic acids is 1. The van der Waals surface area contributed by atoms with E-state index in [9.17, 15) is 14.7 Å². The summed E-state index contributed by atoms with van der Waals surface area (Å²) in [6.45, 7) is 3.34. The molecule has 0 saturated carbocycles. The first-order valence-electron chi connectivity index (χ1n) is 6.34. The molecular weight excluding hydrogens is 333 g/mol. The van der Waals surface area contributed by atoms with Crippen LogP contribution < -0.4 is 5.32 Å². The smallest absolute Gasteiger partial charge is 0.329 e. The largest absolute Gasteiger partial charge is 0.480 e. The molecular formula is C14H17Cl2NO3S. The zero-order chi connectivity index (χ0) is 16.2. The van der Waals surface area contributed by atoms with Gasteiger partial charge in [0.1, 0.15) is 5.54 Å². The fraction of sp³-hybridized carbons (Fsp3) is 0.429. The Kier molecular flexibility index (Phi) is 6.38. The minimum Gasteiger partial charge on any atom is -0.480 e. The summed E-state index contributed by atoms with van der Waals surface area (Å²) in [6.07, 6.45) is 2.79. The van der Waals surface area contributed by atoms with Gasteiger partial charge in [-0.3, -0.25) is 4.79 Å². The van der Waals surface area contributed by atoms with Crippen LogP contribution in [0, 0.1) is 0 Å². The molecule has 0 aromatic heterocycles. The van der Waals surface area contributed by atoms with Crippen molar-refractivity contribution in [2.75, 3.05) is 6.26 Å². The fourth-order valence-electron chi connectivity index (χ4n) is 1.90. The highest BCUT2D eigenvalue weighted by atomic mass is 35.5. The van der Waals surface area contributed by atoms with Crippen molar-refractivity contribution in [3.05, 3.63) is 27.7 Å². The summed E-state index contributed by atoms with van der Waals surface area (Å²) in [5.41, 5.74) is -1.11. The average Bonchev–Trinajstić information content (AvgIpc) is 2.38. The number of hydrogen-bond donors (Lipinski definition) is 2. The van der Waals surface area contributed by atoms with Gasteiger partial charge >= 0.3 is 5.97 Å². The summed E-state index contributed by atoms with van der Waals surface area (Å²) < 4.78 is 0. The van der Waals surface area contributed by atoms with Crippen molar-refractivity contribution in [1.82, 2.24) is 5.32 Å². The molecule has 0 fully saturated rings. The van der Waals surface area contributed by atoms with E-state index in [-0.39, 0.29) is 10.6 Å². The van der Waals surface area contributed by atoms with Crippen molar-refractivity contribution in [2.24, 2.45) is 0 Å². The molecule has 0 aliphatic rings. The lowest BCUT2D eigenvalue weighted by Gasteiger charge is -2.26. The standard InChI is InChI=1S/C14H17Cl2NO3S/c1-4-5-14(2,13(19)20)17-12(18)8-6-11(21-3)10(16)7-9(8)15/h6-7H,4-5H2,1-3H3,(H,17,18)(H,19,20). The second-order valence-corrected chi connectivity index (χ2v) is 6.47. The van der Waals surface area contributed by atoms with Crippen LogP contribution >= 0.6 is 35.0 Å². The van der Waals surface area contributed by atoms with E-state index in [4.69, 9.17) is 23.2 Å². The zero-order valence-electron chi connectivity index (χ0n) is 12.0. The van der Waals surface area contributed by atoms with E-state index in [0.717, 1.165) is 0 Å². The molecule has 1 aromatic rings. The maximum atomic E-state index is 12.3. The van der Waals surface area contributed by atoms with E-state index >= 15 is 0 Å². The average molecular weight is 350 g/mol. The molecule has 4 nitrogen and oxygen atoms in total. The van der Waals surface area contributed by atoms with Gasteiger partial charge in [0, 0.05) is 4.90 Å². The number of thioether (sulfide) groups is 1. The topological polar surface area (TPSA) is 66.4 Å². The molecule has 21 heavy (non-hydrogen) atoms. The number of carbonyl (C=O) groups is 2. The fourth-order valence-corrected chi connectivity index (χ4v) is 3.09. The number of benzene rings is 1. The molecule has 1 amide bonds. The minimum atomic E-state index is -1.33. The number of halogens is 2. The Hall–Kier alpha value is -0.910. The predicted molar refractivity (Wildman–Crippen MR) is 86.7 cm³/mol. The van der Waals surface area contributed by atoms with Crippen LogP contribution in [0.3, 0.4) is 0 Å². The molecule has 0 radical (unpaired) electrons. The third-order valence-corrected chi connectivity index (χ3v) is 4.61. The Morgan fingerprint density at radius 2 is 1.95 bits per heavy atom. The summed E-state index contributed by atoms with van der Waals surface area (Å²) >= 11 is 13.4. The normalized spacial score (nSPS) is 13.6. The molecule has 0 aliphatic heterocycles. The number of carboxylic acid groups (broad SMARTS) is 1. The molecule has 2 N–H and O–H groups in total. The first-order chi connectivity index (χ1) is 9.75. The highest BCUT2D eigenvalue weighted by Crippen LogP contribution is 2.31. The van der Waals surface area contributed by atoms with E-state index in [1.807, 2.05) is 13.2 Å². The Morgan fingerprint density at radius 3 is 2.43 bits per heavy atom. The minimum absolute atomic E-state index is 0.194. The van der Waals surface area contributed by atoms with Crippen LogP contribution in [0.25, 0.3) is 0 Å². The lowest BCUT2D eigenvalue weighted by molar-refractivity contribution is -0.144. The number of carboxylic acids is 1. The van der Waals surface area contributed by atoms with Gasteiger partial charge < -0.3 is 10.4 Å². The van der Waals surface area contributed by atoms with Gasteiger partial charge in [-0.25, -0.2) is 4.79 Å². The van der Waals surface area contributed by atoms with Crippen LogP contribution in [0.15, 0.2) is 17.0 Å². The van der Waals surface area contributed by atoms with Crippen LogP contribution in [-0.4, -0.2) is 28.8 Å². The quantitative estimate of drug-likeness (QED) is 0.759. The van der Waals surface area contributed by atoms with Crippen LogP contribution in [-0.2, 0) is 4.79 Å². The van der Waals surface area contributed by atoms with E-state index in [2.05, 4.69) is 5.32 Å². The van der Waals surface area contributed by atoms with Gasteiger partial charge in [-0.2, -0.15) is 0 Å². The van der Waals surface area contributed by atoms with Crippen molar-refractivity contribution in [1.29, 1.82) is 0 Å². The molecule has 1 unspecified atom stereocenters. The molecule has 0 spiro atoms. The summed E-state index contributed by atoms with van der Waals surface area (Å²) in [6, 6.07) is 3.06. The van der Waals surface area contributed by atoms with Gasteiger partial charge in [-0.15, -0.1) is 11.8 Å². The van der Waals surface area contributed by atoms with E-state index in [0.29, 0.717) is 22.8 Å². The monoisotopic (exact) mass is 349 g/mol. The number of carbonyl (C=O) groups excluding carboxylic acids is 1. The summed E-state index contributed by atoms with van der Waals surface area (Å²) in [5.74, 6) is -1.60. The number of rotatable bonds is 6. The third-order valence-electron chi connectivity index (χ3n) is 3.10. The molecule has 116 valence electrons. The number of hydrogen-bond acceptors (Lipinski definition) is 3. The van der Waals surface area contributed by atoms with Gasteiger partial charge in [0.05, 0.1) is 15.6 Å². The van der Waals surface area contributed by atoms with Crippen LogP contribution in [0.4, 0.5) is 0 Å². The summed E-state index contributed by atoms with van der Waals surface area (Å²) in [5, 5.41) is 12.5. The summed E-state index contributed by atoms with van der Waals surface area (Å²) in [4.78, 5) is 24.4. The number of nitrogens with one attached hydrogen (secondary N) is 1. The molecule has 1 atom stereocenters. The van der Waals surface area contributed by atoms with Crippen molar-refractivity contribution in [3.63, 3.8) is 0 Å². The highest BCUT2D eigenvalue weighted by Gasteiger charge is 2.34. The molecule has 0 saturated heterocycles.